The van der Waals surface area contributed by atoms with Crippen LogP contribution in [0.1, 0.15) is 32.4 Å². The van der Waals surface area contributed by atoms with Gasteiger partial charge >= 0.3 is 0 Å². The maximum Gasteiger partial charge on any atom is 0.146 e. The van der Waals surface area contributed by atoms with Gasteiger partial charge < -0.3 is 10.5 Å². The Bertz CT molecular complexity index is 349. The van der Waals surface area contributed by atoms with Crippen molar-refractivity contribution in [1.82, 2.24) is 4.98 Å². The Morgan fingerprint density at radius 2 is 2.06 bits per heavy atom. The second kappa shape index (κ2) is 4.89. The molecule has 3 nitrogen and oxygen atoms in total. The molecular formula is C12H19FN2O. The summed E-state index contributed by atoms with van der Waals surface area (Å²) in [5.74, 6) is -0.388. The molecule has 0 saturated heterocycles. The maximum atomic E-state index is 13.5. The first-order chi connectivity index (χ1) is 7.38. The molecule has 16 heavy (non-hydrogen) atoms. The number of rotatable bonds is 3. The lowest BCUT2D eigenvalue weighted by Gasteiger charge is -2.34. The molecule has 1 aromatic rings. The van der Waals surface area contributed by atoms with Crippen molar-refractivity contribution in [3.63, 3.8) is 0 Å². The van der Waals surface area contributed by atoms with Crippen LogP contribution in [-0.2, 0) is 4.74 Å². The third kappa shape index (κ3) is 2.77. The van der Waals surface area contributed by atoms with Crippen LogP contribution in [0.3, 0.4) is 0 Å². The summed E-state index contributed by atoms with van der Waals surface area (Å²) in [6, 6.07) is 1.10. The van der Waals surface area contributed by atoms with Gasteiger partial charge in [0, 0.05) is 18.9 Å². The fourth-order valence-electron chi connectivity index (χ4n) is 1.86. The first kappa shape index (κ1) is 13.1. The van der Waals surface area contributed by atoms with Gasteiger partial charge in [-0.3, -0.25) is 4.98 Å². The normalized spacial score (nSPS) is 15.9. The second-order valence-corrected chi connectivity index (χ2v) is 4.95. The van der Waals surface area contributed by atoms with E-state index in [2.05, 4.69) is 4.98 Å². The van der Waals surface area contributed by atoms with Gasteiger partial charge in [-0.1, -0.05) is 20.8 Å². The Balaban J connectivity index is 3.01. The topological polar surface area (TPSA) is 48.1 Å². The minimum absolute atomic E-state index is 0.149. The summed E-state index contributed by atoms with van der Waals surface area (Å²) in [7, 11) is 1.59. The van der Waals surface area contributed by atoms with Crippen LogP contribution in [-0.4, -0.2) is 18.2 Å². The van der Waals surface area contributed by atoms with E-state index in [9.17, 15) is 4.39 Å². The fraction of sp³-hybridized carbons (Fsp3) is 0.583. The Morgan fingerprint density at radius 1 is 1.44 bits per heavy atom. The van der Waals surface area contributed by atoms with E-state index in [4.69, 9.17) is 10.5 Å². The Hall–Kier alpha value is -1.00. The molecule has 0 fully saturated rings. The molecule has 1 rings (SSSR count). The van der Waals surface area contributed by atoms with Crippen molar-refractivity contribution < 1.29 is 9.13 Å². The molecule has 0 saturated carbocycles. The standard InChI is InChI=1S/C12H19FN2O/c1-12(2,3)11(16-4)10(14)8-5-6-15-7-9(8)13/h5-7,10-11H,14H2,1-4H3. The zero-order valence-electron chi connectivity index (χ0n) is 10.2. The van der Waals surface area contributed by atoms with Crippen molar-refractivity contribution in [3.05, 3.63) is 29.8 Å². The van der Waals surface area contributed by atoms with E-state index < -0.39 is 6.04 Å². The van der Waals surface area contributed by atoms with Crippen LogP contribution >= 0.6 is 0 Å². The summed E-state index contributed by atoms with van der Waals surface area (Å²) in [4.78, 5) is 3.70. The minimum Gasteiger partial charge on any atom is -0.379 e. The van der Waals surface area contributed by atoms with E-state index in [0.717, 1.165) is 0 Å². The highest BCUT2D eigenvalue weighted by atomic mass is 19.1. The zero-order valence-corrected chi connectivity index (χ0v) is 10.2. The molecular weight excluding hydrogens is 207 g/mol. The molecule has 0 aromatic carbocycles. The molecule has 2 unspecified atom stereocenters. The summed E-state index contributed by atoms with van der Waals surface area (Å²) in [5.41, 5.74) is 6.34. The Labute approximate surface area is 95.8 Å². The molecule has 4 heteroatoms. The van der Waals surface area contributed by atoms with E-state index in [1.165, 1.54) is 12.4 Å². The van der Waals surface area contributed by atoms with Gasteiger partial charge in [-0.15, -0.1) is 0 Å². The van der Waals surface area contributed by atoms with Gasteiger partial charge in [-0.05, 0) is 11.5 Å². The molecule has 1 aromatic heterocycles. The lowest BCUT2D eigenvalue weighted by Crippen LogP contribution is -2.39. The van der Waals surface area contributed by atoms with Crippen molar-refractivity contribution in [3.8, 4) is 0 Å². The van der Waals surface area contributed by atoms with E-state index in [-0.39, 0.29) is 17.3 Å². The second-order valence-electron chi connectivity index (χ2n) is 4.95. The summed E-state index contributed by atoms with van der Waals surface area (Å²) in [6.45, 7) is 6.04. The highest BCUT2D eigenvalue weighted by molar-refractivity contribution is 5.19. The third-order valence-electron chi connectivity index (χ3n) is 2.60. The fourth-order valence-corrected chi connectivity index (χ4v) is 1.86. The summed E-state index contributed by atoms with van der Waals surface area (Å²) in [5, 5.41) is 0. The molecule has 0 bridgehead atoms. The quantitative estimate of drug-likeness (QED) is 0.860. The first-order valence-electron chi connectivity index (χ1n) is 5.25. The van der Waals surface area contributed by atoms with Gasteiger partial charge in [0.2, 0.25) is 0 Å². The Kier molecular flexibility index (Phi) is 3.99. The molecule has 2 N–H and O–H groups in total. The monoisotopic (exact) mass is 226 g/mol. The van der Waals surface area contributed by atoms with Gasteiger partial charge in [0.15, 0.2) is 0 Å². The van der Waals surface area contributed by atoms with Crippen molar-refractivity contribution in [1.29, 1.82) is 0 Å². The Morgan fingerprint density at radius 3 is 2.50 bits per heavy atom. The molecule has 90 valence electrons. The molecule has 0 spiro atoms. The molecule has 0 aliphatic carbocycles. The van der Waals surface area contributed by atoms with Crippen LogP contribution in [0.5, 0.6) is 0 Å². The predicted molar refractivity (Wildman–Crippen MR) is 61.4 cm³/mol. The number of ether oxygens (including phenoxy) is 1. The van der Waals surface area contributed by atoms with Crippen LogP contribution in [0, 0.1) is 11.2 Å². The number of hydrogen-bond acceptors (Lipinski definition) is 3. The van der Waals surface area contributed by atoms with Crippen molar-refractivity contribution in [2.24, 2.45) is 11.1 Å². The summed E-state index contributed by atoms with van der Waals surface area (Å²) < 4.78 is 18.9. The van der Waals surface area contributed by atoms with E-state index in [0.29, 0.717) is 5.56 Å². The minimum atomic E-state index is -0.493. The van der Waals surface area contributed by atoms with E-state index in [1.54, 1.807) is 13.2 Å². The average Bonchev–Trinajstić information content (AvgIpc) is 2.17. The number of nitrogens with zero attached hydrogens (tertiary/aromatic N) is 1. The van der Waals surface area contributed by atoms with Gasteiger partial charge in [0.25, 0.3) is 0 Å². The smallest absolute Gasteiger partial charge is 0.146 e. The molecule has 0 aliphatic rings. The molecule has 0 aliphatic heterocycles. The van der Waals surface area contributed by atoms with Crippen LogP contribution < -0.4 is 5.73 Å². The first-order valence-corrected chi connectivity index (χ1v) is 5.25. The summed E-state index contributed by atoms with van der Waals surface area (Å²) >= 11 is 0. The number of nitrogens with two attached hydrogens (primary N) is 1. The SMILES string of the molecule is COC(C(N)c1ccncc1F)C(C)(C)C. The number of methoxy groups -OCH3 is 1. The van der Waals surface area contributed by atoms with Crippen molar-refractivity contribution in [2.75, 3.05) is 7.11 Å². The maximum absolute atomic E-state index is 13.5. The lowest BCUT2D eigenvalue weighted by atomic mass is 9.82. The van der Waals surface area contributed by atoms with Gasteiger partial charge in [-0.2, -0.15) is 0 Å². The number of hydrogen-bond donors (Lipinski definition) is 1. The summed E-state index contributed by atoms with van der Waals surface area (Å²) in [6.07, 6.45) is 2.46. The number of pyridine rings is 1. The van der Waals surface area contributed by atoms with E-state index >= 15 is 0 Å². The van der Waals surface area contributed by atoms with Crippen molar-refractivity contribution in [2.45, 2.75) is 32.9 Å². The largest absolute Gasteiger partial charge is 0.379 e. The molecule has 0 amide bonds. The molecule has 1 heterocycles. The average molecular weight is 226 g/mol. The van der Waals surface area contributed by atoms with Gasteiger partial charge in [0.1, 0.15) is 5.82 Å². The van der Waals surface area contributed by atoms with Crippen molar-refractivity contribution >= 4 is 0 Å². The van der Waals surface area contributed by atoms with Crippen LogP contribution in [0.25, 0.3) is 0 Å². The van der Waals surface area contributed by atoms with Crippen LogP contribution in [0.4, 0.5) is 4.39 Å². The molecule has 2 atom stereocenters. The lowest BCUT2D eigenvalue weighted by molar-refractivity contribution is -0.00317. The van der Waals surface area contributed by atoms with Gasteiger partial charge in [0.05, 0.1) is 18.3 Å². The van der Waals surface area contributed by atoms with Crippen LogP contribution in [0.2, 0.25) is 0 Å². The third-order valence-corrected chi connectivity index (χ3v) is 2.60. The number of aromatic nitrogens is 1. The highest BCUT2D eigenvalue weighted by Crippen LogP contribution is 2.31. The van der Waals surface area contributed by atoms with Crippen LogP contribution in [0.15, 0.2) is 18.5 Å². The van der Waals surface area contributed by atoms with Gasteiger partial charge in [-0.25, -0.2) is 4.39 Å². The zero-order chi connectivity index (χ0) is 12.3. The van der Waals surface area contributed by atoms with E-state index in [1.807, 2.05) is 20.8 Å². The predicted octanol–water partition coefficient (Wildman–Crippen LogP) is 2.28. The number of halogens is 1. The molecule has 0 radical (unpaired) electrons. The highest BCUT2D eigenvalue weighted by Gasteiger charge is 2.32.